The Bertz CT molecular complexity index is 1110. The molecule has 2 heterocycles. The Kier molecular flexibility index (Phi) is 7.72. The maximum absolute atomic E-state index is 13.4. The number of carbonyl (C=O) groups excluding carboxylic acids is 1. The Labute approximate surface area is 221 Å². The molecule has 2 N–H and O–H groups in total. The molecule has 1 aliphatic heterocycles. The molecule has 1 saturated heterocycles. The van der Waals surface area contributed by atoms with Gasteiger partial charge in [-0.25, -0.2) is 18.8 Å². The van der Waals surface area contributed by atoms with E-state index in [0.29, 0.717) is 31.2 Å². The Balaban J connectivity index is 0.00000259. The van der Waals surface area contributed by atoms with Gasteiger partial charge < -0.3 is 10.1 Å². The van der Waals surface area contributed by atoms with Crippen molar-refractivity contribution in [3.63, 3.8) is 0 Å². The van der Waals surface area contributed by atoms with Crippen LogP contribution in [0.1, 0.15) is 53.6 Å². The summed E-state index contributed by atoms with van der Waals surface area (Å²) in [5, 5.41) is 5.10. The number of nitrogens with zero attached hydrogens (tertiary/aromatic N) is 2. The summed E-state index contributed by atoms with van der Waals surface area (Å²) in [4.78, 5) is 17.4. The van der Waals surface area contributed by atoms with Crippen LogP contribution in [0.5, 0.6) is 0 Å². The normalized spacial score (nSPS) is 17.7. The fourth-order valence-corrected chi connectivity index (χ4v) is 7.53. The molecule has 0 bridgehead atoms. The van der Waals surface area contributed by atoms with Crippen molar-refractivity contribution < 1.29 is 17.9 Å². The summed E-state index contributed by atoms with van der Waals surface area (Å²) in [6.45, 7) is 2.79. The number of urea groups is 1. The number of thiazole rings is 1. The van der Waals surface area contributed by atoms with E-state index in [2.05, 4.69) is 21.1 Å². The molecule has 1 aromatic carbocycles. The zero-order valence-corrected chi connectivity index (χ0v) is 19.8. The van der Waals surface area contributed by atoms with Crippen molar-refractivity contribution in [3.8, 4) is 0 Å². The minimum atomic E-state index is -4.15. The van der Waals surface area contributed by atoms with E-state index in [9.17, 15) is 13.2 Å². The van der Waals surface area contributed by atoms with Crippen LogP contribution >= 0.6 is 11.3 Å². The first-order valence-electron chi connectivity index (χ1n) is 11.2. The first-order chi connectivity index (χ1) is 15.4. The second-order valence-electron chi connectivity index (χ2n) is 8.71. The number of carbonyl (C=O) groups is 1. The molecule has 8 nitrogen and oxygen atoms in total. The number of nitrogens with one attached hydrogen (secondary N) is 2. The number of benzene rings is 1. The Hall–Kier alpha value is -1.17. The number of aromatic nitrogens is 1. The van der Waals surface area contributed by atoms with Crippen LogP contribution in [0.15, 0.2) is 11.4 Å². The molecule has 0 atom stereocenters. The molecule has 33 heavy (non-hydrogen) atoms. The molecule has 2 amide bonds. The van der Waals surface area contributed by atoms with Crippen LogP contribution in [0.3, 0.4) is 0 Å². The monoisotopic (exact) mass is 500 g/mol. The maximum atomic E-state index is 13.4. The van der Waals surface area contributed by atoms with Crippen molar-refractivity contribution in [2.45, 2.75) is 64.3 Å². The van der Waals surface area contributed by atoms with Crippen molar-refractivity contribution in [1.82, 2.24) is 9.71 Å². The zero-order valence-electron chi connectivity index (χ0n) is 18.1. The van der Waals surface area contributed by atoms with E-state index in [1.54, 1.807) is 0 Å². The van der Waals surface area contributed by atoms with Crippen molar-refractivity contribution in [2.75, 3.05) is 22.8 Å². The van der Waals surface area contributed by atoms with E-state index < -0.39 is 16.2 Å². The topological polar surface area (TPSA) is 101 Å². The van der Waals surface area contributed by atoms with Gasteiger partial charge in [0, 0.05) is 24.3 Å². The Morgan fingerprint density at radius 3 is 2.33 bits per heavy atom. The van der Waals surface area contributed by atoms with Crippen molar-refractivity contribution in [3.05, 3.63) is 39.4 Å². The number of ether oxygens (including phenoxy) is 1. The third-order valence-electron chi connectivity index (χ3n) is 6.51. The fourth-order valence-electron chi connectivity index (χ4n) is 5.09. The molecule has 3 aliphatic rings. The molecule has 11 heteroatoms. The van der Waals surface area contributed by atoms with Gasteiger partial charge in [0.2, 0.25) is 5.13 Å². The SMILES string of the molecule is Cc1csc(N(C2CCOCC2)S(=O)(=O)NC(=O)Nc2c3c(cc4c2CCC4)CCC3)n1.[NaH]. The van der Waals surface area contributed by atoms with Crippen molar-refractivity contribution in [2.24, 2.45) is 0 Å². The van der Waals surface area contributed by atoms with E-state index in [1.165, 1.54) is 26.8 Å². The van der Waals surface area contributed by atoms with E-state index in [4.69, 9.17) is 4.74 Å². The predicted octanol–water partition coefficient (Wildman–Crippen LogP) is 2.83. The number of anilines is 2. The summed E-state index contributed by atoms with van der Waals surface area (Å²) in [5.74, 6) is 0. The third kappa shape index (κ3) is 5.11. The number of fused-ring (bicyclic) bond motifs is 2. The van der Waals surface area contributed by atoms with Crippen LogP contribution in [0.2, 0.25) is 0 Å². The number of hydrogen-bond acceptors (Lipinski definition) is 6. The molecule has 0 saturated carbocycles. The van der Waals surface area contributed by atoms with E-state index in [1.807, 2.05) is 12.3 Å². The molecule has 1 fully saturated rings. The summed E-state index contributed by atoms with van der Waals surface area (Å²) in [7, 11) is -4.15. The molecule has 0 spiro atoms. The molecular formula is C22H29N4NaO4S2. The number of rotatable bonds is 5. The van der Waals surface area contributed by atoms with Crippen LogP contribution in [0, 0.1) is 6.92 Å². The Morgan fingerprint density at radius 2 is 1.76 bits per heavy atom. The molecular weight excluding hydrogens is 471 g/mol. The molecule has 174 valence electrons. The summed E-state index contributed by atoms with van der Waals surface area (Å²) in [6.07, 6.45) is 7.09. The molecule has 0 radical (unpaired) electrons. The van der Waals surface area contributed by atoms with Gasteiger partial charge in [-0.15, -0.1) is 11.3 Å². The van der Waals surface area contributed by atoms with Crippen LogP contribution in [-0.4, -0.2) is 68.2 Å². The standard InChI is InChI=1S/C22H28N4O4S2.Na.H/c1-14-13-31-22(23-14)26(17-8-10-30-11-9-17)32(28,29)25-21(27)24-20-18-6-2-4-15(18)12-16-5-3-7-19(16)20;;/h12-13,17H,2-11H2,1H3,(H2,24,25,27);;. The van der Waals surface area contributed by atoms with Gasteiger partial charge >= 0.3 is 45.8 Å². The summed E-state index contributed by atoms with van der Waals surface area (Å²) >= 11 is 1.26. The van der Waals surface area contributed by atoms with E-state index >= 15 is 0 Å². The van der Waals surface area contributed by atoms with Crippen LogP contribution in [0.25, 0.3) is 0 Å². The van der Waals surface area contributed by atoms with Crippen LogP contribution in [-0.2, 0) is 40.6 Å². The summed E-state index contributed by atoms with van der Waals surface area (Å²) in [6, 6.07) is 1.26. The van der Waals surface area contributed by atoms with Gasteiger partial charge in [-0.3, -0.25) is 0 Å². The molecule has 0 unspecified atom stereocenters. The quantitative estimate of drug-likeness (QED) is 0.615. The van der Waals surface area contributed by atoms with Gasteiger partial charge in [0.25, 0.3) is 0 Å². The Morgan fingerprint density at radius 1 is 1.12 bits per heavy atom. The van der Waals surface area contributed by atoms with Gasteiger partial charge in [0.05, 0.1) is 11.7 Å². The van der Waals surface area contributed by atoms with Gasteiger partial charge in [0.15, 0.2) is 0 Å². The zero-order chi connectivity index (χ0) is 22.3. The second kappa shape index (κ2) is 10.2. The number of amides is 2. The number of aryl methyl sites for hydroxylation is 3. The van der Waals surface area contributed by atoms with E-state index in [0.717, 1.165) is 61.0 Å². The molecule has 2 aliphatic carbocycles. The van der Waals surface area contributed by atoms with Gasteiger partial charge in [-0.05, 0) is 80.5 Å². The first kappa shape index (κ1) is 24.9. The van der Waals surface area contributed by atoms with Crippen LogP contribution < -0.4 is 14.3 Å². The van der Waals surface area contributed by atoms with Crippen molar-refractivity contribution >= 4 is 68.0 Å². The fraction of sp³-hybridized carbons (Fsp3) is 0.545. The third-order valence-corrected chi connectivity index (χ3v) is 9.02. The molecule has 1 aromatic heterocycles. The van der Waals surface area contributed by atoms with Crippen molar-refractivity contribution in [1.29, 1.82) is 0 Å². The summed E-state index contributed by atoms with van der Waals surface area (Å²) in [5.41, 5.74) is 6.46. The van der Waals surface area contributed by atoms with Gasteiger partial charge in [0.1, 0.15) is 0 Å². The first-order valence-corrected chi connectivity index (χ1v) is 13.5. The second-order valence-corrected chi connectivity index (χ2v) is 11.1. The number of hydrogen-bond donors (Lipinski definition) is 2. The van der Waals surface area contributed by atoms with Gasteiger partial charge in [-0.1, -0.05) is 6.07 Å². The van der Waals surface area contributed by atoms with E-state index in [-0.39, 0.29) is 35.6 Å². The van der Waals surface area contributed by atoms with Crippen LogP contribution in [0.4, 0.5) is 15.6 Å². The predicted molar refractivity (Wildman–Crippen MR) is 132 cm³/mol. The summed E-state index contributed by atoms with van der Waals surface area (Å²) < 4.78 is 35.7. The average molecular weight is 501 g/mol. The molecule has 5 rings (SSSR count). The average Bonchev–Trinajstić information content (AvgIpc) is 3.49. The minimum absolute atomic E-state index is 0. The molecule has 2 aromatic rings. The van der Waals surface area contributed by atoms with Gasteiger partial charge in [-0.2, -0.15) is 8.42 Å².